The zero-order valence-corrected chi connectivity index (χ0v) is 79.4. The summed E-state index contributed by atoms with van der Waals surface area (Å²) in [5.41, 5.74) is 7.81. The lowest BCUT2D eigenvalue weighted by molar-refractivity contribution is -0.141. The summed E-state index contributed by atoms with van der Waals surface area (Å²) >= 11 is 2.68. The van der Waals surface area contributed by atoms with Crippen LogP contribution < -0.4 is 64.2 Å². The number of nitrogens with zero attached hydrogens (tertiary/aromatic N) is 6. The molecule has 758 valence electrons. The van der Waals surface area contributed by atoms with Crippen molar-refractivity contribution in [3.8, 4) is 0 Å². The van der Waals surface area contributed by atoms with Gasteiger partial charge < -0.3 is 114 Å². The summed E-state index contributed by atoms with van der Waals surface area (Å²) < 4.78 is 11.3. The smallest absolute Gasteiger partial charge is 0.317 e. The van der Waals surface area contributed by atoms with E-state index in [0.29, 0.717) is 108 Å². The number of carboxylic acid groups (broad SMARTS) is 5. The number of nitrogens with one attached hydrogen (secondary N) is 11. The van der Waals surface area contributed by atoms with Gasteiger partial charge >= 0.3 is 29.8 Å². The van der Waals surface area contributed by atoms with Crippen LogP contribution >= 0.6 is 23.5 Å². The third kappa shape index (κ3) is 48.7. The zero-order valence-electron chi connectivity index (χ0n) is 77.7. The van der Waals surface area contributed by atoms with E-state index in [-0.39, 0.29) is 185 Å². The Morgan fingerprint density at radius 3 is 1.61 bits per heavy atom. The molecule has 2 aromatic carbocycles. The molecule has 0 aliphatic carbocycles. The molecule has 3 heterocycles. The first kappa shape index (κ1) is 116. The van der Waals surface area contributed by atoms with Gasteiger partial charge in [-0.05, 0) is 114 Å². The maximum atomic E-state index is 14.9. The molecular weight excluding hydrogens is 1800 g/mol. The summed E-state index contributed by atoms with van der Waals surface area (Å²) in [7, 11) is 0. The number of nitrogens with two attached hydrogens (primary N) is 1. The Labute approximate surface area is 796 Å². The van der Waals surface area contributed by atoms with Gasteiger partial charge in [0.2, 0.25) is 65.5 Å². The van der Waals surface area contributed by atoms with Crippen LogP contribution in [-0.2, 0) is 104 Å². The highest BCUT2D eigenvalue weighted by molar-refractivity contribution is 7.98. The van der Waals surface area contributed by atoms with Crippen molar-refractivity contribution >= 4 is 119 Å². The number of rotatable bonds is 68. The molecule has 0 radical (unpaired) electrons. The Morgan fingerprint density at radius 1 is 0.481 bits per heavy atom. The van der Waals surface area contributed by atoms with Crippen LogP contribution in [0.2, 0.25) is 0 Å². The topological polar surface area (TPSA) is 631 Å². The molecule has 3 saturated heterocycles. The lowest BCUT2D eigenvalue weighted by atomic mass is 10.0. The molecule has 11 amide bonds. The fourth-order valence-electron chi connectivity index (χ4n) is 15.3. The second-order valence-corrected chi connectivity index (χ2v) is 36.0. The molecule has 0 spiro atoms. The maximum absolute atomic E-state index is 14.9. The van der Waals surface area contributed by atoms with Gasteiger partial charge in [0.05, 0.1) is 76.6 Å². The molecule has 3 fully saturated rings. The number of primary amides is 1. The van der Waals surface area contributed by atoms with Crippen molar-refractivity contribution in [2.24, 2.45) is 5.73 Å². The summed E-state index contributed by atoms with van der Waals surface area (Å²) in [4.78, 5) is 217. The number of carbonyl (C=O) groups excluding carboxylic acids is 11. The molecule has 12 atom stereocenters. The molecular formula is C89H144N18O26S2. The number of hydrogen-bond acceptors (Lipinski definition) is 30. The Balaban J connectivity index is 1.09. The highest BCUT2D eigenvalue weighted by Gasteiger charge is 2.39. The molecule has 2 aromatic rings. The molecule has 5 rings (SSSR count). The molecule has 3 aliphatic rings. The van der Waals surface area contributed by atoms with E-state index in [9.17, 15) is 118 Å². The number of likely N-dealkylation sites (tertiary alicyclic amines) is 2. The third-order valence-corrected chi connectivity index (χ3v) is 25.0. The van der Waals surface area contributed by atoms with Crippen LogP contribution in [-0.4, -0.2) is 401 Å². The first-order valence-corrected chi connectivity index (χ1v) is 48.7. The fraction of sp³-hybridized carbons (Fsp3) is 0.685. The van der Waals surface area contributed by atoms with Gasteiger partial charge in [0.1, 0.15) is 42.7 Å². The Bertz CT molecular complexity index is 3990. The number of hydrogen-bond donors (Lipinski definition) is 20. The molecule has 135 heavy (non-hydrogen) atoms. The van der Waals surface area contributed by atoms with Gasteiger partial charge in [-0.2, -0.15) is 23.5 Å². The molecule has 46 heteroatoms. The van der Waals surface area contributed by atoms with Crippen molar-refractivity contribution in [3.05, 3.63) is 71.3 Å². The number of aliphatic hydroxyl groups is 3. The van der Waals surface area contributed by atoms with Crippen LogP contribution in [0.3, 0.4) is 0 Å². The van der Waals surface area contributed by atoms with Crippen molar-refractivity contribution in [1.82, 2.24) is 87.9 Å². The van der Waals surface area contributed by atoms with Crippen molar-refractivity contribution in [2.45, 2.75) is 227 Å². The summed E-state index contributed by atoms with van der Waals surface area (Å²) in [6, 6.07) is 5.47. The molecule has 44 nitrogen and oxygen atoms in total. The van der Waals surface area contributed by atoms with Crippen molar-refractivity contribution in [2.75, 3.05) is 162 Å². The van der Waals surface area contributed by atoms with Crippen LogP contribution in [0.4, 0.5) is 0 Å². The van der Waals surface area contributed by atoms with Gasteiger partial charge in [-0.3, -0.25) is 107 Å². The number of aliphatic carboxylic acids is 5. The fourth-order valence-corrected chi connectivity index (χ4v) is 17.3. The molecule has 0 aromatic heterocycles. The molecule has 0 bridgehead atoms. The van der Waals surface area contributed by atoms with E-state index in [1.54, 1.807) is 49.9 Å². The minimum Gasteiger partial charge on any atom is -0.481 e. The predicted octanol–water partition coefficient (Wildman–Crippen LogP) is -3.03. The molecule has 3 aliphatic heterocycles. The molecule has 2 unspecified atom stereocenters. The first-order chi connectivity index (χ1) is 64.6. The van der Waals surface area contributed by atoms with Crippen molar-refractivity contribution in [1.29, 1.82) is 0 Å². The average Bonchev–Trinajstić information content (AvgIpc) is 1.83. The van der Waals surface area contributed by atoms with Gasteiger partial charge in [0, 0.05) is 153 Å². The predicted molar refractivity (Wildman–Crippen MR) is 499 cm³/mol. The number of aliphatic hydroxyl groups excluding tert-OH is 3. The minimum absolute atomic E-state index is 0.0314. The van der Waals surface area contributed by atoms with Gasteiger partial charge in [0.25, 0.3) is 0 Å². The number of carbonyl (C=O) groups is 16. The highest BCUT2D eigenvalue weighted by Crippen LogP contribution is 2.24. The van der Waals surface area contributed by atoms with E-state index < -0.39 is 151 Å². The summed E-state index contributed by atoms with van der Waals surface area (Å²) in [6.07, 6.45) is 0.757. The lowest BCUT2D eigenvalue weighted by Crippen LogP contribution is -2.62. The maximum Gasteiger partial charge on any atom is 0.317 e. The summed E-state index contributed by atoms with van der Waals surface area (Å²) in [6.45, 7) is 9.50. The number of thioether (sulfide) groups is 2. The SMILES string of the molecule is CCCCCC(=O)N[C@@H](CSCc1cccc(CSC[C@H](NC(=O)[C@H](Cc2ccccc2)NC(=O)[C@H](CCC(=O)O)NC(O)[C@@H](NC(=O)[C@@H]2CCCN2C=O)[C@@H](C)O)C(=O)N[C@@H](CC(=O)O)C(=O)NCCCNCCOCCOCCCNC(=O)CCC(O)N[C@@H](CCCCNC(=O)CN2CCN(CC(=O)O)CCN(CC(=O)O)CCN(CC(=O)O)CC2)C(N)=O)c1)C(=O)N1CCC[C@H]1C. The van der Waals surface area contributed by atoms with E-state index in [1.165, 1.54) is 35.3 Å². The Morgan fingerprint density at radius 2 is 1.04 bits per heavy atom. The van der Waals surface area contributed by atoms with Crippen LogP contribution in [0.25, 0.3) is 0 Å². The van der Waals surface area contributed by atoms with Crippen molar-refractivity contribution in [3.63, 3.8) is 0 Å². The van der Waals surface area contributed by atoms with E-state index in [1.807, 2.05) is 43.0 Å². The quantitative estimate of drug-likeness (QED) is 0.0178. The lowest BCUT2D eigenvalue weighted by Gasteiger charge is -2.32. The van der Waals surface area contributed by atoms with Gasteiger partial charge in [-0.15, -0.1) is 0 Å². The largest absolute Gasteiger partial charge is 0.481 e. The number of unbranched alkanes of at least 4 members (excludes halogenated alkanes) is 3. The minimum atomic E-state index is -1.92. The normalized spacial score (nSPS) is 17.6. The zero-order chi connectivity index (χ0) is 99.0. The van der Waals surface area contributed by atoms with Gasteiger partial charge in [0.15, 0.2) is 0 Å². The molecule has 0 saturated carbocycles. The Kier molecular flexibility index (Phi) is 56.4. The molecule has 21 N–H and O–H groups in total. The summed E-state index contributed by atoms with van der Waals surface area (Å²) in [5.74, 6) is -11.4. The number of carboxylic acids is 5. The van der Waals surface area contributed by atoms with Crippen LogP contribution in [0.15, 0.2) is 54.6 Å². The van der Waals surface area contributed by atoms with Crippen LogP contribution in [0.5, 0.6) is 0 Å². The summed E-state index contributed by atoms with van der Waals surface area (Å²) in [5, 5.41) is 112. The average molecular weight is 1950 g/mol. The van der Waals surface area contributed by atoms with Crippen molar-refractivity contribution < 1.29 is 127 Å². The van der Waals surface area contributed by atoms with Gasteiger partial charge in [-0.25, -0.2) is 0 Å². The van der Waals surface area contributed by atoms with E-state index in [4.69, 9.17) is 15.2 Å². The number of ether oxygens (including phenoxy) is 2. The Hall–Kier alpha value is -9.82. The van der Waals surface area contributed by atoms with E-state index in [2.05, 4.69) is 58.5 Å². The number of amides is 11. The highest BCUT2D eigenvalue weighted by atomic mass is 32.2. The van der Waals surface area contributed by atoms with Gasteiger partial charge in [-0.1, -0.05) is 74.4 Å². The van der Waals surface area contributed by atoms with E-state index in [0.717, 1.165) is 36.8 Å². The second kappa shape index (κ2) is 65.8. The monoisotopic (exact) mass is 1940 g/mol. The second-order valence-electron chi connectivity index (χ2n) is 33.9. The van der Waals surface area contributed by atoms with E-state index >= 15 is 0 Å². The standard InChI is InChI=1S/C89H144N18O26S2/c1-4-5-7-24-73(111)96-70(89(131)107-35-13-17-60(107)2)58-135-56-64-21-12-20-63(48-64)55-134-57-69(100-85(127)67(49-62-18-8-6-9-19-62)98-84(126)66(25-28-76(114)115)97-88(130)81(61(3)109)101-87(129)71-23-14-34-106(71)59-108)86(128)99-68(50-77(116)117)83(125)94-31-15-29-91-33-45-133-47-46-132-44-16-32-92-72(110)26-27-74(112)95-65(82(90)124)22-10-11-30-93-75(113)51-102-36-38-103(52-78(118)119)40-42-105(54-80(122)123)43-41-104(39-37-102)53-79(120)121/h6,8-9,12,18-21,48,59-61,65-71,74,81,88,91,95,97,109,112,130H,4-5,7,10-11,13-17,22-47,49-58H2,1-3H3,(H2,90,124)(H,92,110)(H,93,113)(H,94,125)(H,96,111)(H,98,126)(H,99,128)(H,100,127)(H,101,129)(H,114,115)(H,116,117)(H,118,119)(H,120,121)(H,122,123)/t60-,61-,65+,66+,67+,68+,69+,70+,71+,74?,81+,88?/m1/s1. The van der Waals surface area contributed by atoms with Crippen LogP contribution in [0.1, 0.15) is 153 Å². The van der Waals surface area contributed by atoms with Crippen LogP contribution in [0, 0.1) is 0 Å². The third-order valence-electron chi connectivity index (χ3n) is 22.8. The number of benzene rings is 2. The first-order valence-electron chi connectivity index (χ1n) is 46.4.